The largest absolute Gasteiger partial charge is 0.402 e. The maximum absolute atomic E-state index is 12.2. The summed E-state index contributed by atoms with van der Waals surface area (Å²) in [4.78, 5) is 27.0. The van der Waals surface area contributed by atoms with Gasteiger partial charge in [-0.25, -0.2) is 9.79 Å². The van der Waals surface area contributed by atoms with E-state index in [0.29, 0.717) is 15.6 Å². The number of fused-ring (bicyclic) bond motifs is 1. The van der Waals surface area contributed by atoms with Gasteiger partial charge >= 0.3 is 5.97 Å². The van der Waals surface area contributed by atoms with Crippen LogP contribution < -0.4 is 0 Å². The van der Waals surface area contributed by atoms with Gasteiger partial charge in [0, 0.05) is 11.6 Å². The number of halogens is 1. The molecule has 3 aromatic carbocycles. The second kappa shape index (κ2) is 6.77. The Morgan fingerprint density at radius 3 is 2.59 bits per heavy atom. The molecule has 0 spiro atoms. The average molecular weight is 423 g/mol. The number of esters is 1. The number of carbonyl (C=O) groups excluding carboxylic acids is 1. The van der Waals surface area contributed by atoms with Gasteiger partial charge in [-0.2, -0.15) is 0 Å². The molecule has 132 valence electrons. The van der Waals surface area contributed by atoms with Gasteiger partial charge in [0.15, 0.2) is 5.70 Å². The molecule has 7 heteroatoms. The summed E-state index contributed by atoms with van der Waals surface area (Å²) in [5.74, 6) is -0.382. The molecule has 0 saturated heterocycles. The molecule has 0 N–H and O–H groups in total. The molecule has 1 heterocycles. The minimum Gasteiger partial charge on any atom is -0.402 e. The zero-order valence-corrected chi connectivity index (χ0v) is 15.3. The van der Waals surface area contributed by atoms with Gasteiger partial charge < -0.3 is 4.74 Å². The van der Waals surface area contributed by atoms with Crippen LogP contribution in [0, 0.1) is 10.1 Å². The van der Waals surface area contributed by atoms with Crippen LogP contribution in [0.15, 0.2) is 75.8 Å². The van der Waals surface area contributed by atoms with Crippen molar-refractivity contribution in [1.29, 1.82) is 0 Å². The first-order valence-electron chi connectivity index (χ1n) is 7.97. The number of carbonyl (C=O) groups is 1. The van der Waals surface area contributed by atoms with Gasteiger partial charge in [-0.3, -0.25) is 10.1 Å². The molecule has 0 unspecified atom stereocenters. The monoisotopic (exact) mass is 422 g/mol. The number of nitro benzene ring substituents is 1. The smallest absolute Gasteiger partial charge is 0.363 e. The Balaban J connectivity index is 1.71. The SMILES string of the molecule is O=C1OC(c2ccc3ccccc3c2)=NC1=Cc1ccc(Br)c([N+](=O)[O-])c1. The van der Waals surface area contributed by atoms with E-state index < -0.39 is 10.9 Å². The van der Waals surface area contributed by atoms with Crippen molar-refractivity contribution in [2.45, 2.75) is 0 Å². The van der Waals surface area contributed by atoms with E-state index in [-0.39, 0.29) is 17.3 Å². The van der Waals surface area contributed by atoms with Gasteiger partial charge in [-0.15, -0.1) is 0 Å². The highest BCUT2D eigenvalue weighted by Crippen LogP contribution is 2.28. The molecule has 0 amide bonds. The number of benzene rings is 3. The lowest BCUT2D eigenvalue weighted by molar-refractivity contribution is -0.385. The third-order valence-electron chi connectivity index (χ3n) is 4.09. The zero-order chi connectivity index (χ0) is 19.0. The van der Waals surface area contributed by atoms with Crippen molar-refractivity contribution in [2.24, 2.45) is 4.99 Å². The first-order valence-corrected chi connectivity index (χ1v) is 8.76. The van der Waals surface area contributed by atoms with Crippen molar-refractivity contribution in [3.8, 4) is 0 Å². The molecule has 0 radical (unpaired) electrons. The fourth-order valence-corrected chi connectivity index (χ4v) is 3.16. The maximum Gasteiger partial charge on any atom is 0.363 e. The quantitative estimate of drug-likeness (QED) is 0.261. The molecule has 6 nitrogen and oxygen atoms in total. The third-order valence-corrected chi connectivity index (χ3v) is 4.76. The molecule has 0 atom stereocenters. The minimum atomic E-state index is -0.594. The zero-order valence-electron chi connectivity index (χ0n) is 13.8. The number of nitro groups is 1. The number of cyclic esters (lactones) is 1. The second-order valence-electron chi connectivity index (χ2n) is 5.87. The molecular formula is C20H11BrN2O4. The highest BCUT2D eigenvalue weighted by molar-refractivity contribution is 9.10. The fraction of sp³-hybridized carbons (Fsp3) is 0. The second-order valence-corrected chi connectivity index (χ2v) is 6.72. The van der Waals surface area contributed by atoms with E-state index in [9.17, 15) is 14.9 Å². The summed E-state index contributed by atoms with van der Waals surface area (Å²) in [6.45, 7) is 0. The van der Waals surface area contributed by atoms with E-state index in [0.717, 1.165) is 10.8 Å². The summed E-state index contributed by atoms with van der Waals surface area (Å²) in [7, 11) is 0. The molecule has 0 aliphatic carbocycles. The number of rotatable bonds is 3. The third kappa shape index (κ3) is 3.37. The van der Waals surface area contributed by atoms with E-state index >= 15 is 0 Å². The summed E-state index contributed by atoms with van der Waals surface area (Å²) >= 11 is 3.13. The van der Waals surface area contributed by atoms with E-state index in [1.807, 2.05) is 42.5 Å². The topological polar surface area (TPSA) is 81.8 Å². The Bertz CT molecular complexity index is 1170. The predicted molar refractivity (Wildman–Crippen MR) is 105 cm³/mol. The molecular weight excluding hydrogens is 412 g/mol. The molecule has 0 saturated carbocycles. The summed E-state index contributed by atoms with van der Waals surface area (Å²) in [6, 6.07) is 18.1. The van der Waals surface area contributed by atoms with Gasteiger partial charge in [-0.05, 0) is 56.5 Å². The van der Waals surface area contributed by atoms with Gasteiger partial charge in [-0.1, -0.05) is 36.4 Å². The molecule has 1 aliphatic rings. The van der Waals surface area contributed by atoms with E-state index in [1.54, 1.807) is 12.1 Å². The number of hydrogen-bond donors (Lipinski definition) is 0. The van der Waals surface area contributed by atoms with E-state index in [2.05, 4.69) is 20.9 Å². The van der Waals surface area contributed by atoms with Crippen molar-refractivity contribution >= 4 is 50.3 Å². The standard InChI is InChI=1S/C20H11BrN2O4/c21-16-8-5-12(10-18(16)23(25)26)9-17-20(24)27-19(22-17)15-7-6-13-3-1-2-4-14(13)11-15/h1-11H. The summed E-state index contributed by atoms with van der Waals surface area (Å²) in [6.07, 6.45) is 1.47. The lowest BCUT2D eigenvalue weighted by Crippen LogP contribution is -2.05. The molecule has 4 rings (SSSR count). The number of hydrogen-bond acceptors (Lipinski definition) is 5. The first kappa shape index (κ1) is 17.1. The summed E-state index contributed by atoms with van der Waals surface area (Å²) in [5, 5.41) is 13.1. The van der Waals surface area contributed by atoms with E-state index in [4.69, 9.17) is 4.74 Å². The van der Waals surface area contributed by atoms with Crippen molar-refractivity contribution in [3.05, 3.63) is 92.1 Å². The number of ether oxygens (including phenoxy) is 1. The van der Waals surface area contributed by atoms with Crippen LogP contribution in [0.1, 0.15) is 11.1 Å². The first-order chi connectivity index (χ1) is 13.0. The molecule has 1 aliphatic heterocycles. The van der Waals surface area contributed by atoms with Gasteiger partial charge in [0.05, 0.1) is 9.40 Å². The van der Waals surface area contributed by atoms with Crippen LogP contribution in [0.5, 0.6) is 0 Å². The van der Waals surface area contributed by atoms with Crippen LogP contribution in [0.3, 0.4) is 0 Å². The predicted octanol–water partition coefficient (Wildman–Crippen LogP) is 4.86. The summed E-state index contributed by atoms with van der Waals surface area (Å²) < 4.78 is 5.65. The Labute approximate surface area is 162 Å². The fourth-order valence-electron chi connectivity index (χ4n) is 2.77. The van der Waals surface area contributed by atoms with Crippen LogP contribution in [-0.4, -0.2) is 16.8 Å². The van der Waals surface area contributed by atoms with Crippen molar-refractivity contribution in [2.75, 3.05) is 0 Å². The van der Waals surface area contributed by atoms with Gasteiger partial charge in [0.2, 0.25) is 5.90 Å². The van der Waals surface area contributed by atoms with E-state index in [1.165, 1.54) is 12.1 Å². The van der Waals surface area contributed by atoms with Crippen LogP contribution in [0.2, 0.25) is 0 Å². The Kier molecular flexibility index (Phi) is 4.29. The van der Waals surface area contributed by atoms with Crippen molar-refractivity contribution in [3.63, 3.8) is 0 Å². The van der Waals surface area contributed by atoms with Crippen molar-refractivity contribution < 1.29 is 14.5 Å². The molecule has 0 bridgehead atoms. The molecule has 3 aromatic rings. The minimum absolute atomic E-state index is 0.0885. The number of aliphatic imine (C=N–C) groups is 1. The molecule has 0 fully saturated rings. The van der Waals surface area contributed by atoms with Crippen LogP contribution in [0.4, 0.5) is 5.69 Å². The van der Waals surface area contributed by atoms with Crippen molar-refractivity contribution in [1.82, 2.24) is 0 Å². The average Bonchev–Trinajstić information content (AvgIpc) is 3.03. The highest BCUT2D eigenvalue weighted by Gasteiger charge is 2.24. The normalized spacial score (nSPS) is 15.1. The Morgan fingerprint density at radius 2 is 1.81 bits per heavy atom. The Morgan fingerprint density at radius 1 is 1.04 bits per heavy atom. The van der Waals surface area contributed by atoms with Crippen LogP contribution in [-0.2, 0) is 9.53 Å². The maximum atomic E-state index is 12.2. The molecule has 0 aromatic heterocycles. The molecule has 27 heavy (non-hydrogen) atoms. The Hall–Kier alpha value is -3.32. The van der Waals surface area contributed by atoms with Gasteiger partial charge in [0.25, 0.3) is 5.69 Å². The lowest BCUT2D eigenvalue weighted by atomic mass is 10.1. The summed E-state index contributed by atoms with van der Waals surface area (Å²) in [5.41, 5.74) is 1.18. The van der Waals surface area contributed by atoms with Crippen LogP contribution in [0.25, 0.3) is 16.8 Å². The highest BCUT2D eigenvalue weighted by atomic mass is 79.9. The van der Waals surface area contributed by atoms with Crippen LogP contribution >= 0.6 is 15.9 Å². The number of nitrogens with zero attached hydrogens (tertiary/aromatic N) is 2. The van der Waals surface area contributed by atoms with Gasteiger partial charge in [0.1, 0.15) is 0 Å². The lowest BCUT2D eigenvalue weighted by Gasteiger charge is -2.02.